The highest BCUT2D eigenvalue weighted by Gasteiger charge is 2.11. The molecule has 5 nitrogen and oxygen atoms in total. The number of benzene rings is 1. The van der Waals surface area contributed by atoms with Crippen LogP contribution in [0, 0.1) is 0 Å². The van der Waals surface area contributed by atoms with E-state index in [-0.39, 0.29) is 5.91 Å². The molecule has 0 unspecified atom stereocenters. The molecule has 0 fully saturated rings. The van der Waals surface area contributed by atoms with E-state index in [0.717, 1.165) is 0 Å². The maximum Gasteiger partial charge on any atom is 0.257 e. The second-order valence-corrected chi connectivity index (χ2v) is 4.64. The van der Waals surface area contributed by atoms with Crippen molar-refractivity contribution in [2.45, 2.75) is 0 Å². The Bertz CT molecular complexity index is 617. The van der Waals surface area contributed by atoms with Gasteiger partial charge in [-0.05, 0) is 40.2 Å². The molecule has 19 heavy (non-hydrogen) atoms. The van der Waals surface area contributed by atoms with Crippen molar-refractivity contribution >= 4 is 33.3 Å². The lowest BCUT2D eigenvalue weighted by molar-refractivity contribution is 0.102. The quantitative estimate of drug-likeness (QED) is 0.852. The molecule has 0 saturated carbocycles. The molecule has 0 aliphatic rings. The predicted molar refractivity (Wildman–Crippen MR) is 77.3 cm³/mol. The zero-order chi connectivity index (χ0) is 13.8. The lowest BCUT2D eigenvalue weighted by atomic mass is 10.1. The number of methoxy groups -OCH3 is 1. The fraction of sp³-hybridized carbons (Fsp3) is 0.0769. The summed E-state index contributed by atoms with van der Waals surface area (Å²) in [7, 11) is 1.52. The van der Waals surface area contributed by atoms with Crippen LogP contribution in [0.3, 0.4) is 0 Å². The third kappa shape index (κ3) is 3.23. The van der Waals surface area contributed by atoms with E-state index in [0.29, 0.717) is 27.3 Å². The van der Waals surface area contributed by atoms with Gasteiger partial charge < -0.3 is 15.8 Å². The largest absolute Gasteiger partial charge is 0.497 e. The van der Waals surface area contributed by atoms with Crippen LogP contribution in [-0.4, -0.2) is 18.0 Å². The molecule has 2 aromatic rings. The highest BCUT2D eigenvalue weighted by atomic mass is 79.9. The molecule has 1 aromatic heterocycles. The fourth-order valence-corrected chi connectivity index (χ4v) is 1.88. The van der Waals surface area contributed by atoms with Gasteiger partial charge in [-0.25, -0.2) is 4.98 Å². The van der Waals surface area contributed by atoms with Crippen LogP contribution in [0.5, 0.6) is 5.75 Å². The van der Waals surface area contributed by atoms with Gasteiger partial charge in [0.15, 0.2) is 0 Å². The second-order valence-electron chi connectivity index (χ2n) is 3.78. The Morgan fingerprint density at radius 3 is 2.89 bits per heavy atom. The fourth-order valence-electron chi connectivity index (χ4n) is 1.53. The standard InChI is InChI=1S/C13H12BrN3O2/c1-19-10-6-8(5-9(15)7-10)13(18)17-12-11(14)3-2-4-16-12/h2-7H,15H2,1H3,(H,16,17,18). The molecule has 0 atom stereocenters. The van der Waals surface area contributed by atoms with Gasteiger partial charge in [-0.1, -0.05) is 0 Å². The third-order valence-electron chi connectivity index (χ3n) is 2.42. The maximum absolute atomic E-state index is 12.1. The summed E-state index contributed by atoms with van der Waals surface area (Å²) in [6, 6.07) is 8.40. The first-order chi connectivity index (χ1) is 9.10. The average molecular weight is 322 g/mol. The smallest absolute Gasteiger partial charge is 0.257 e. The molecule has 98 valence electrons. The Hall–Kier alpha value is -2.08. The molecule has 1 amide bonds. The summed E-state index contributed by atoms with van der Waals surface area (Å²) < 4.78 is 5.78. The second kappa shape index (κ2) is 5.71. The number of carbonyl (C=O) groups excluding carboxylic acids is 1. The number of nitrogens with two attached hydrogens (primary N) is 1. The van der Waals surface area contributed by atoms with Gasteiger partial charge in [0, 0.05) is 23.5 Å². The van der Waals surface area contributed by atoms with Gasteiger partial charge in [0.1, 0.15) is 11.6 Å². The van der Waals surface area contributed by atoms with Gasteiger partial charge in [0.25, 0.3) is 5.91 Å². The minimum atomic E-state index is -0.301. The number of nitrogen functional groups attached to an aromatic ring is 1. The molecular weight excluding hydrogens is 310 g/mol. The van der Waals surface area contributed by atoms with Crippen molar-refractivity contribution in [1.82, 2.24) is 4.98 Å². The molecule has 0 aliphatic heterocycles. The van der Waals surface area contributed by atoms with Gasteiger partial charge in [-0.3, -0.25) is 4.79 Å². The van der Waals surface area contributed by atoms with Crippen LogP contribution in [0.2, 0.25) is 0 Å². The molecule has 0 radical (unpaired) electrons. The zero-order valence-corrected chi connectivity index (χ0v) is 11.8. The molecule has 0 saturated heterocycles. The van der Waals surface area contributed by atoms with Crippen molar-refractivity contribution in [2.24, 2.45) is 0 Å². The molecular formula is C13H12BrN3O2. The van der Waals surface area contributed by atoms with Crippen molar-refractivity contribution in [1.29, 1.82) is 0 Å². The number of nitrogens with one attached hydrogen (secondary N) is 1. The van der Waals surface area contributed by atoms with E-state index in [2.05, 4.69) is 26.2 Å². The first-order valence-electron chi connectivity index (χ1n) is 5.46. The highest BCUT2D eigenvalue weighted by Crippen LogP contribution is 2.22. The summed E-state index contributed by atoms with van der Waals surface area (Å²) in [5.74, 6) is 0.684. The topological polar surface area (TPSA) is 77.2 Å². The molecule has 0 aliphatic carbocycles. The van der Waals surface area contributed by atoms with E-state index < -0.39 is 0 Å². The Morgan fingerprint density at radius 1 is 1.42 bits per heavy atom. The Morgan fingerprint density at radius 2 is 2.21 bits per heavy atom. The number of aromatic nitrogens is 1. The maximum atomic E-state index is 12.1. The van der Waals surface area contributed by atoms with E-state index in [4.69, 9.17) is 10.5 Å². The van der Waals surface area contributed by atoms with Gasteiger partial charge >= 0.3 is 0 Å². The molecule has 2 rings (SSSR count). The number of hydrogen-bond acceptors (Lipinski definition) is 4. The Balaban J connectivity index is 2.25. The summed E-state index contributed by atoms with van der Waals surface area (Å²) in [4.78, 5) is 16.2. The van der Waals surface area contributed by atoms with Crippen LogP contribution in [0.1, 0.15) is 10.4 Å². The van der Waals surface area contributed by atoms with Gasteiger partial charge in [0.05, 0.1) is 11.6 Å². The molecule has 3 N–H and O–H groups in total. The van der Waals surface area contributed by atoms with E-state index in [1.54, 1.807) is 36.5 Å². The number of amides is 1. The number of carbonyl (C=O) groups is 1. The molecule has 0 bridgehead atoms. The molecule has 0 spiro atoms. The van der Waals surface area contributed by atoms with Crippen LogP contribution in [0.15, 0.2) is 41.0 Å². The first-order valence-corrected chi connectivity index (χ1v) is 6.26. The summed E-state index contributed by atoms with van der Waals surface area (Å²) in [6.45, 7) is 0. The van der Waals surface area contributed by atoms with Crippen molar-refractivity contribution in [3.63, 3.8) is 0 Å². The normalized spacial score (nSPS) is 10.0. The Kier molecular flexibility index (Phi) is 4.01. The van der Waals surface area contributed by atoms with E-state index in [9.17, 15) is 4.79 Å². The lowest BCUT2D eigenvalue weighted by Crippen LogP contribution is -2.13. The SMILES string of the molecule is COc1cc(N)cc(C(=O)Nc2ncccc2Br)c1. The van der Waals surface area contributed by atoms with E-state index in [1.165, 1.54) is 7.11 Å². The van der Waals surface area contributed by atoms with Crippen molar-refractivity contribution < 1.29 is 9.53 Å². The number of hydrogen-bond donors (Lipinski definition) is 2. The van der Waals surface area contributed by atoms with Crippen LogP contribution >= 0.6 is 15.9 Å². The number of nitrogens with zero attached hydrogens (tertiary/aromatic N) is 1. The molecule has 1 heterocycles. The Labute approximate surface area is 118 Å². The van der Waals surface area contributed by atoms with Crippen LogP contribution in [-0.2, 0) is 0 Å². The van der Waals surface area contributed by atoms with E-state index in [1.807, 2.05) is 0 Å². The van der Waals surface area contributed by atoms with Gasteiger partial charge in [0.2, 0.25) is 0 Å². The molecule has 6 heteroatoms. The first kappa shape index (κ1) is 13.4. The van der Waals surface area contributed by atoms with Crippen LogP contribution in [0.25, 0.3) is 0 Å². The zero-order valence-electron chi connectivity index (χ0n) is 10.2. The number of ether oxygens (including phenoxy) is 1. The number of halogens is 1. The number of anilines is 2. The summed E-state index contributed by atoms with van der Waals surface area (Å²) in [5.41, 5.74) is 6.59. The summed E-state index contributed by atoms with van der Waals surface area (Å²) in [6.07, 6.45) is 1.60. The van der Waals surface area contributed by atoms with Crippen molar-refractivity contribution in [3.05, 3.63) is 46.6 Å². The van der Waals surface area contributed by atoms with Crippen LogP contribution < -0.4 is 15.8 Å². The highest BCUT2D eigenvalue weighted by molar-refractivity contribution is 9.10. The minimum absolute atomic E-state index is 0.301. The van der Waals surface area contributed by atoms with E-state index >= 15 is 0 Å². The summed E-state index contributed by atoms with van der Waals surface area (Å²) in [5, 5.41) is 2.70. The molecule has 1 aromatic carbocycles. The lowest BCUT2D eigenvalue weighted by Gasteiger charge is -2.08. The van der Waals surface area contributed by atoms with Gasteiger partial charge in [-0.2, -0.15) is 0 Å². The number of pyridine rings is 1. The van der Waals surface area contributed by atoms with Crippen molar-refractivity contribution in [2.75, 3.05) is 18.2 Å². The predicted octanol–water partition coefficient (Wildman–Crippen LogP) is 2.69. The van der Waals surface area contributed by atoms with Crippen molar-refractivity contribution in [3.8, 4) is 5.75 Å². The minimum Gasteiger partial charge on any atom is -0.497 e. The van der Waals surface area contributed by atoms with Gasteiger partial charge in [-0.15, -0.1) is 0 Å². The monoisotopic (exact) mass is 321 g/mol. The number of rotatable bonds is 3. The average Bonchev–Trinajstić information content (AvgIpc) is 2.40. The third-order valence-corrected chi connectivity index (χ3v) is 3.06. The summed E-state index contributed by atoms with van der Waals surface area (Å²) >= 11 is 3.31. The van der Waals surface area contributed by atoms with Crippen LogP contribution in [0.4, 0.5) is 11.5 Å².